The van der Waals surface area contributed by atoms with Gasteiger partial charge in [0.1, 0.15) is 5.82 Å². The zero-order valence-corrected chi connectivity index (χ0v) is 17.5. The third-order valence-corrected chi connectivity index (χ3v) is 6.46. The molecule has 0 spiro atoms. The van der Waals surface area contributed by atoms with Crippen molar-refractivity contribution in [2.45, 2.75) is 45.2 Å². The van der Waals surface area contributed by atoms with E-state index in [1.807, 2.05) is 30.0 Å². The highest BCUT2D eigenvalue weighted by Gasteiger charge is 2.21. The number of rotatable bonds is 4. The van der Waals surface area contributed by atoms with E-state index in [9.17, 15) is 4.79 Å². The number of nitrogens with zero attached hydrogens (tertiary/aromatic N) is 6. The molecule has 0 unspecified atom stereocenters. The lowest BCUT2D eigenvalue weighted by Gasteiger charge is -2.36. The van der Waals surface area contributed by atoms with Crippen LogP contribution >= 0.6 is 0 Å². The fourth-order valence-electron chi connectivity index (χ4n) is 4.69. The van der Waals surface area contributed by atoms with Crippen molar-refractivity contribution in [1.82, 2.24) is 24.4 Å². The van der Waals surface area contributed by atoms with Crippen LogP contribution in [0.2, 0.25) is 0 Å². The zero-order chi connectivity index (χ0) is 20.5. The van der Waals surface area contributed by atoms with Gasteiger partial charge in [-0.2, -0.15) is 0 Å². The molecule has 30 heavy (non-hydrogen) atoms. The molecule has 0 radical (unpaired) electrons. The Morgan fingerprint density at radius 3 is 2.47 bits per heavy atom. The highest BCUT2D eigenvalue weighted by Crippen LogP contribution is 2.28. The van der Waals surface area contributed by atoms with E-state index in [1.165, 1.54) is 12.8 Å². The maximum absolute atomic E-state index is 12.9. The SMILES string of the molecule is Cc1ncc(CN2CCN(c3ccc4c(=O)n(C5CCCC5)cnc4c3)CC2)cn1. The Morgan fingerprint density at radius 1 is 1.00 bits per heavy atom. The molecule has 3 heterocycles. The predicted octanol–water partition coefficient (Wildman–Crippen LogP) is 2.93. The summed E-state index contributed by atoms with van der Waals surface area (Å²) in [5.41, 5.74) is 3.20. The van der Waals surface area contributed by atoms with Crippen LogP contribution in [0.5, 0.6) is 0 Å². The topological polar surface area (TPSA) is 67.2 Å². The van der Waals surface area contributed by atoms with Gasteiger partial charge in [-0.1, -0.05) is 12.8 Å². The van der Waals surface area contributed by atoms with Crippen molar-refractivity contribution in [1.29, 1.82) is 0 Å². The molecular weight excluding hydrogens is 376 g/mol. The van der Waals surface area contributed by atoms with Gasteiger partial charge in [-0.3, -0.25) is 14.3 Å². The van der Waals surface area contributed by atoms with Crippen molar-refractivity contribution in [3.63, 3.8) is 0 Å². The van der Waals surface area contributed by atoms with Gasteiger partial charge in [0, 0.05) is 62.4 Å². The van der Waals surface area contributed by atoms with Gasteiger partial charge in [-0.05, 0) is 38.0 Å². The second-order valence-corrected chi connectivity index (χ2v) is 8.50. The molecule has 1 aliphatic carbocycles. The number of anilines is 1. The van der Waals surface area contributed by atoms with E-state index in [1.54, 1.807) is 6.33 Å². The molecule has 5 rings (SSSR count). The van der Waals surface area contributed by atoms with Crippen LogP contribution in [0.4, 0.5) is 5.69 Å². The van der Waals surface area contributed by atoms with Gasteiger partial charge in [-0.15, -0.1) is 0 Å². The van der Waals surface area contributed by atoms with Crippen LogP contribution in [0.15, 0.2) is 41.7 Å². The van der Waals surface area contributed by atoms with E-state index >= 15 is 0 Å². The van der Waals surface area contributed by atoms with Crippen molar-refractivity contribution in [3.05, 3.63) is 58.7 Å². The summed E-state index contributed by atoms with van der Waals surface area (Å²) >= 11 is 0. The summed E-state index contributed by atoms with van der Waals surface area (Å²) in [7, 11) is 0. The first-order valence-corrected chi connectivity index (χ1v) is 10.9. The number of fused-ring (bicyclic) bond motifs is 1. The first-order chi connectivity index (χ1) is 14.7. The number of aryl methyl sites for hydroxylation is 1. The lowest BCUT2D eigenvalue weighted by atomic mass is 10.1. The Kier molecular flexibility index (Phi) is 5.21. The van der Waals surface area contributed by atoms with Crippen LogP contribution in [0.25, 0.3) is 10.9 Å². The van der Waals surface area contributed by atoms with Gasteiger partial charge in [0.2, 0.25) is 0 Å². The number of hydrogen-bond donors (Lipinski definition) is 0. The van der Waals surface area contributed by atoms with E-state index < -0.39 is 0 Å². The second-order valence-electron chi connectivity index (χ2n) is 8.50. The van der Waals surface area contributed by atoms with E-state index in [4.69, 9.17) is 0 Å². The molecule has 1 saturated carbocycles. The summed E-state index contributed by atoms with van der Waals surface area (Å²) in [6, 6.07) is 6.43. The molecule has 1 aromatic carbocycles. The van der Waals surface area contributed by atoms with Crippen molar-refractivity contribution in [3.8, 4) is 0 Å². The molecule has 156 valence electrons. The lowest BCUT2D eigenvalue weighted by molar-refractivity contribution is 0.249. The molecule has 7 heteroatoms. The Morgan fingerprint density at radius 2 is 1.73 bits per heavy atom. The van der Waals surface area contributed by atoms with Crippen molar-refractivity contribution in [2.75, 3.05) is 31.1 Å². The van der Waals surface area contributed by atoms with Gasteiger partial charge in [0.25, 0.3) is 5.56 Å². The van der Waals surface area contributed by atoms with Crippen LogP contribution in [0.1, 0.15) is 43.1 Å². The Labute approximate surface area is 176 Å². The molecule has 7 nitrogen and oxygen atoms in total. The molecule has 1 aliphatic heterocycles. The molecule has 1 saturated heterocycles. The molecular formula is C23H28N6O. The molecule has 0 N–H and O–H groups in total. The molecule has 2 aliphatic rings. The van der Waals surface area contributed by atoms with Gasteiger partial charge >= 0.3 is 0 Å². The predicted molar refractivity (Wildman–Crippen MR) is 118 cm³/mol. The van der Waals surface area contributed by atoms with Gasteiger partial charge in [0.05, 0.1) is 17.2 Å². The minimum absolute atomic E-state index is 0.101. The summed E-state index contributed by atoms with van der Waals surface area (Å²) in [5.74, 6) is 0.809. The third kappa shape index (κ3) is 3.81. The van der Waals surface area contributed by atoms with E-state index in [0.717, 1.165) is 73.5 Å². The van der Waals surface area contributed by atoms with Crippen LogP contribution in [0, 0.1) is 6.92 Å². The first-order valence-electron chi connectivity index (χ1n) is 10.9. The van der Waals surface area contributed by atoms with Crippen molar-refractivity contribution < 1.29 is 0 Å². The third-order valence-electron chi connectivity index (χ3n) is 6.46. The normalized spacial score (nSPS) is 18.4. The number of hydrogen-bond acceptors (Lipinski definition) is 6. The van der Waals surface area contributed by atoms with Crippen molar-refractivity contribution in [2.24, 2.45) is 0 Å². The quantitative estimate of drug-likeness (QED) is 0.666. The first kappa shape index (κ1) is 19.2. The van der Waals surface area contributed by atoms with E-state index in [2.05, 4.69) is 36.9 Å². The Balaban J connectivity index is 1.28. The summed E-state index contributed by atoms with van der Waals surface area (Å²) < 4.78 is 1.85. The average Bonchev–Trinajstić information content (AvgIpc) is 3.31. The molecule has 0 bridgehead atoms. The number of aromatic nitrogens is 4. The molecule has 2 aromatic heterocycles. The summed E-state index contributed by atoms with van der Waals surface area (Å²) in [6.07, 6.45) is 10.2. The summed E-state index contributed by atoms with van der Waals surface area (Å²) in [5, 5.41) is 0.728. The van der Waals surface area contributed by atoms with Crippen molar-refractivity contribution >= 4 is 16.6 Å². The fourth-order valence-corrected chi connectivity index (χ4v) is 4.69. The number of benzene rings is 1. The summed E-state index contributed by atoms with van der Waals surface area (Å²) in [4.78, 5) is 31.0. The highest BCUT2D eigenvalue weighted by molar-refractivity contribution is 5.81. The second kappa shape index (κ2) is 8.14. The minimum Gasteiger partial charge on any atom is -0.369 e. The van der Waals surface area contributed by atoms with E-state index in [0.29, 0.717) is 6.04 Å². The monoisotopic (exact) mass is 404 g/mol. The number of piperazine rings is 1. The Hall–Kier alpha value is -2.80. The van der Waals surface area contributed by atoms with Gasteiger partial charge < -0.3 is 4.90 Å². The molecule has 0 amide bonds. The fraction of sp³-hybridized carbons (Fsp3) is 0.478. The standard InChI is InChI=1S/C23H28N6O/c1-17-24-13-18(14-25-17)15-27-8-10-28(11-9-27)20-6-7-21-22(12-20)26-16-29(23(21)30)19-4-2-3-5-19/h6-7,12-14,16,19H,2-5,8-11,15H2,1H3. The zero-order valence-electron chi connectivity index (χ0n) is 17.5. The molecule has 0 atom stereocenters. The van der Waals surface area contributed by atoms with E-state index in [-0.39, 0.29) is 5.56 Å². The smallest absolute Gasteiger partial charge is 0.261 e. The van der Waals surface area contributed by atoms with Crippen LogP contribution in [-0.4, -0.2) is 50.6 Å². The van der Waals surface area contributed by atoms with Crippen LogP contribution in [-0.2, 0) is 6.54 Å². The maximum atomic E-state index is 12.9. The highest BCUT2D eigenvalue weighted by atomic mass is 16.1. The maximum Gasteiger partial charge on any atom is 0.261 e. The summed E-state index contributed by atoms with van der Waals surface area (Å²) in [6.45, 7) is 6.68. The Bertz CT molecular complexity index is 1080. The minimum atomic E-state index is 0.101. The lowest BCUT2D eigenvalue weighted by Crippen LogP contribution is -2.46. The average molecular weight is 405 g/mol. The van der Waals surface area contributed by atoms with Gasteiger partial charge in [0.15, 0.2) is 0 Å². The van der Waals surface area contributed by atoms with Gasteiger partial charge in [-0.25, -0.2) is 15.0 Å². The molecule has 3 aromatic rings. The molecule has 2 fully saturated rings. The van der Waals surface area contributed by atoms with Crippen LogP contribution < -0.4 is 10.5 Å². The largest absolute Gasteiger partial charge is 0.369 e. The van der Waals surface area contributed by atoms with Crippen LogP contribution in [0.3, 0.4) is 0 Å².